The summed E-state index contributed by atoms with van der Waals surface area (Å²) in [7, 11) is 0. The molecule has 1 heterocycles. The van der Waals surface area contributed by atoms with E-state index in [1.165, 1.54) is 0 Å². The van der Waals surface area contributed by atoms with Crippen LogP contribution in [0.2, 0.25) is 5.02 Å². The van der Waals surface area contributed by atoms with Gasteiger partial charge in [0.05, 0.1) is 23.5 Å². The van der Waals surface area contributed by atoms with Gasteiger partial charge in [-0.3, -0.25) is 4.68 Å². The van der Waals surface area contributed by atoms with Crippen LogP contribution in [0.4, 0.5) is 0 Å². The second-order valence-corrected chi connectivity index (χ2v) is 3.04. The molecule has 0 aliphatic rings. The fourth-order valence-corrected chi connectivity index (χ4v) is 1.15. The van der Waals surface area contributed by atoms with Crippen molar-refractivity contribution < 1.29 is 5.11 Å². The Morgan fingerprint density at radius 2 is 2.36 bits per heavy atom. The van der Waals surface area contributed by atoms with E-state index in [-0.39, 0.29) is 12.6 Å². The molecule has 3 nitrogen and oxygen atoms in total. The van der Waals surface area contributed by atoms with E-state index in [9.17, 15) is 0 Å². The number of aromatic nitrogens is 2. The molecule has 0 amide bonds. The third-order valence-electron chi connectivity index (χ3n) is 1.49. The number of aliphatic hydroxyl groups excluding tert-OH is 1. The third-order valence-corrected chi connectivity index (χ3v) is 1.80. The second-order valence-electron chi connectivity index (χ2n) is 2.64. The van der Waals surface area contributed by atoms with Gasteiger partial charge in [0.25, 0.3) is 0 Å². The second kappa shape index (κ2) is 3.24. The Hall–Kier alpha value is -0.540. The van der Waals surface area contributed by atoms with Crippen LogP contribution in [0.15, 0.2) is 6.20 Å². The van der Waals surface area contributed by atoms with Gasteiger partial charge >= 0.3 is 0 Å². The van der Waals surface area contributed by atoms with Gasteiger partial charge in [0, 0.05) is 6.04 Å². The Bertz CT molecular complexity index is 245. The van der Waals surface area contributed by atoms with Crippen molar-refractivity contribution in [1.82, 2.24) is 9.78 Å². The van der Waals surface area contributed by atoms with Crippen LogP contribution >= 0.6 is 11.6 Å². The van der Waals surface area contributed by atoms with Crippen molar-refractivity contribution in [1.29, 1.82) is 0 Å². The minimum atomic E-state index is -0.0585. The molecular weight excluding hydrogens is 164 g/mol. The first-order valence-electron chi connectivity index (χ1n) is 3.49. The van der Waals surface area contributed by atoms with Gasteiger partial charge in [-0.25, -0.2) is 0 Å². The number of nitrogens with zero attached hydrogens (tertiary/aromatic N) is 2. The number of halogens is 1. The quantitative estimate of drug-likeness (QED) is 0.740. The van der Waals surface area contributed by atoms with Crippen molar-refractivity contribution in [2.45, 2.75) is 26.5 Å². The van der Waals surface area contributed by atoms with Crippen LogP contribution in [0, 0.1) is 0 Å². The molecule has 0 atom stereocenters. The molecule has 11 heavy (non-hydrogen) atoms. The molecule has 0 fully saturated rings. The predicted octanol–water partition coefficient (Wildman–Crippen LogP) is 1.61. The number of aliphatic hydroxyl groups is 1. The highest BCUT2D eigenvalue weighted by Gasteiger charge is 2.09. The maximum atomic E-state index is 8.89. The molecule has 0 aliphatic carbocycles. The Labute approximate surface area is 70.6 Å². The summed E-state index contributed by atoms with van der Waals surface area (Å²) in [5.74, 6) is 0. The lowest BCUT2D eigenvalue weighted by atomic mass is 10.3. The van der Waals surface area contributed by atoms with Gasteiger partial charge in [-0.1, -0.05) is 11.6 Å². The largest absolute Gasteiger partial charge is 0.390 e. The fourth-order valence-electron chi connectivity index (χ4n) is 0.960. The number of hydrogen-bond acceptors (Lipinski definition) is 2. The van der Waals surface area contributed by atoms with Crippen LogP contribution < -0.4 is 0 Å². The molecule has 1 rings (SSSR count). The molecule has 1 aromatic heterocycles. The molecular formula is C7H11ClN2O. The zero-order valence-electron chi connectivity index (χ0n) is 6.58. The van der Waals surface area contributed by atoms with Gasteiger partial charge in [-0.15, -0.1) is 0 Å². The van der Waals surface area contributed by atoms with Crippen molar-refractivity contribution in [3.63, 3.8) is 0 Å². The summed E-state index contributed by atoms with van der Waals surface area (Å²) in [4.78, 5) is 0. The first kappa shape index (κ1) is 8.56. The normalized spacial score (nSPS) is 11.0. The van der Waals surface area contributed by atoms with Crippen molar-refractivity contribution in [2.24, 2.45) is 0 Å². The molecule has 62 valence electrons. The van der Waals surface area contributed by atoms with Crippen molar-refractivity contribution in [3.8, 4) is 0 Å². The topological polar surface area (TPSA) is 38.0 Å². The standard InChI is InChI=1S/C7H11ClN2O/c1-5(2)10-7(4-11)6(8)3-9-10/h3,5,11H,4H2,1-2H3. The summed E-state index contributed by atoms with van der Waals surface area (Å²) in [6.45, 7) is 3.92. The summed E-state index contributed by atoms with van der Waals surface area (Å²) in [5.41, 5.74) is 0.682. The van der Waals surface area contributed by atoms with Crippen LogP contribution in [0.3, 0.4) is 0 Å². The summed E-state index contributed by atoms with van der Waals surface area (Å²) in [5, 5.41) is 13.4. The average molecular weight is 175 g/mol. The van der Waals surface area contributed by atoms with E-state index < -0.39 is 0 Å². The highest BCUT2D eigenvalue weighted by molar-refractivity contribution is 6.31. The minimum absolute atomic E-state index is 0.0585. The first-order chi connectivity index (χ1) is 5.16. The van der Waals surface area contributed by atoms with E-state index in [1.54, 1.807) is 10.9 Å². The predicted molar refractivity (Wildman–Crippen MR) is 43.5 cm³/mol. The van der Waals surface area contributed by atoms with Gasteiger partial charge in [0.1, 0.15) is 0 Å². The first-order valence-corrected chi connectivity index (χ1v) is 3.87. The summed E-state index contributed by atoms with van der Waals surface area (Å²) < 4.78 is 1.71. The molecule has 0 radical (unpaired) electrons. The molecule has 1 aromatic rings. The average Bonchev–Trinajstić information content (AvgIpc) is 2.30. The fraction of sp³-hybridized carbons (Fsp3) is 0.571. The van der Waals surface area contributed by atoms with Crippen LogP contribution in [0.25, 0.3) is 0 Å². The Morgan fingerprint density at radius 3 is 2.73 bits per heavy atom. The molecule has 0 aliphatic heterocycles. The smallest absolute Gasteiger partial charge is 0.0865 e. The van der Waals surface area contributed by atoms with Gasteiger partial charge in [0.15, 0.2) is 0 Å². The Balaban J connectivity index is 3.05. The van der Waals surface area contributed by atoms with Crippen molar-refractivity contribution in [3.05, 3.63) is 16.9 Å². The summed E-state index contributed by atoms with van der Waals surface area (Å²) in [6.07, 6.45) is 1.55. The lowest BCUT2D eigenvalue weighted by Crippen LogP contribution is -2.07. The molecule has 1 N–H and O–H groups in total. The lowest BCUT2D eigenvalue weighted by molar-refractivity contribution is 0.264. The number of hydrogen-bond donors (Lipinski definition) is 1. The third kappa shape index (κ3) is 1.54. The summed E-state index contributed by atoms with van der Waals surface area (Å²) in [6, 6.07) is 0.240. The molecule has 0 bridgehead atoms. The van der Waals surface area contributed by atoms with E-state index in [4.69, 9.17) is 16.7 Å². The monoisotopic (exact) mass is 174 g/mol. The Kier molecular flexibility index (Phi) is 2.52. The lowest BCUT2D eigenvalue weighted by Gasteiger charge is -2.08. The van der Waals surface area contributed by atoms with Crippen LogP contribution in [0.5, 0.6) is 0 Å². The Morgan fingerprint density at radius 1 is 1.73 bits per heavy atom. The number of rotatable bonds is 2. The maximum Gasteiger partial charge on any atom is 0.0865 e. The van der Waals surface area contributed by atoms with Crippen molar-refractivity contribution in [2.75, 3.05) is 0 Å². The van der Waals surface area contributed by atoms with E-state index in [0.717, 1.165) is 0 Å². The van der Waals surface area contributed by atoms with Crippen molar-refractivity contribution >= 4 is 11.6 Å². The molecule has 0 saturated heterocycles. The SMILES string of the molecule is CC(C)n1ncc(Cl)c1CO. The van der Waals surface area contributed by atoms with Crippen LogP contribution in [-0.2, 0) is 6.61 Å². The zero-order chi connectivity index (χ0) is 8.43. The molecule has 4 heteroatoms. The van der Waals surface area contributed by atoms with E-state index >= 15 is 0 Å². The van der Waals surface area contributed by atoms with Gasteiger partial charge < -0.3 is 5.11 Å². The highest BCUT2D eigenvalue weighted by atomic mass is 35.5. The molecule has 0 aromatic carbocycles. The van der Waals surface area contributed by atoms with E-state index in [2.05, 4.69) is 5.10 Å². The molecule has 0 spiro atoms. The van der Waals surface area contributed by atoms with Crippen LogP contribution in [-0.4, -0.2) is 14.9 Å². The van der Waals surface area contributed by atoms with Crippen LogP contribution in [0.1, 0.15) is 25.6 Å². The van der Waals surface area contributed by atoms with E-state index in [0.29, 0.717) is 10.7 Å². The van der Waals surface area contributed by atoms with Gasteiger partial charge in [-0.2, -0.15) is 5.10 Å². The molecule has 0 saturated carbocycles. The van der Waals surface area contributed by atoms with E-state index in [1.807, 2.05) is 13.8 Å². The minimum Gasteiger partial charge on any atom is -0.390 e. The summed E-state index contributed by atoms with van der Waals surface area (Å²) >= 11 is 5.75. The van der Waals surface area contributed by atoms with Gasteiger partial charge in [-0.05, 0) is 13.8 Å². The maximum absolute atomic E-state index is 8.89. The highest BCUT2D eigenvalue weighted by Crippen LogP contribution is 2.18. The van der Waals surface area contributed by atoms with Gasteiger partial charge in [0.2, 0.25) is 0 Å². The molecule has 0 unspecified atom stereocenters. The zero-order valence-corrected chi connectivity index (χ0v) is 7.34.